The molecular formula is C31H22BrCl2F3N2O5S. The van der Waals surface area contributed by atoms with Gasteiger partial charge in [-0.25, -0.2) is 9.79 Å². The van der Waals surface area contributed by atoms with Crippen molar-refractivity contribution in [2.24, 2.45) is 4.99 Å². The zero-order chi connectivity index (χ0) is 32.5. The van der Waals surface area contributed by atoms with Gasteiger partial charge in [0.1, 0.15) is 6.61 Å². The Kier molecular flexibility index (Phi) is 9.78. The van der Waals surface area contributed by atoms with Gasteiger partial charge in [-0.2, -0.15) is 13.2 Å². The number of aromatic nitrogens is 1. The van der Waals surface area contributed by atoms with Gasteiger partial charge < -0.3 is 14.2 Å². The van der Waals surface area contributed by atoms with E-state index in [0.29, 0.717) is 31.6 Å². The number of hydrogen-bond donors (Lipinski definition) is 0. The summed E-state index contributed by atoms with van der Waals surface area (Å²) in [6.45, 7) is 1.44. The lowest BCUT2D eigenvalue weighted by Crippen LogP contribution is -2.41. The van der Waals surface area contributed by atoms with E-state index >= 15 is 0 Å². The van der Waals surface area contributed by atoms with Gasteiger partial charge in [-0.3, -0.25) is 9.36 Å². The van der Waals surface area contributed by atoms with Crippen molar-refractivity contribution in [3.05, 3.63) is 123 Å². The molecule has 0 spiro atoms. The number of ether oxygens (including phenoxy) is 3. The standard InChI is InChI=1S/C31H22BrCl2F3N2O5S/c1-3-43-29(41)24-25(17-8-10-19(33)11-9-17)39-28(40)23(45-30(39)38-27(24)31(35,36)37)14-16-12-20(32)26(22(13-16)42-2)44-15-18-6-4-5-7-21(18)34/h4-14,25H,3,15H2,1-2H3/b23-14-/t25-/m0/s1. The maximum Gasteiger partial charge on any atom is 0.434 e. The van der Waals surface area contributed by atoms with Gasteiger partial charge in [-0.15, -0.1) is 0 Å². The first kappa shape index (κ1) is 32.8. The summed E-state index contributed by atoms with van der Waals surface area (Å²) in [4.78, 5) is 30.4. The summed E-state index contributed by atoms with van der Waals surface area (Å²) in [5.41, 5.74) is -1.42. The summed E-state index contributed by atoms with van der Waals surface area (Å²) in [5.74, 6) is -0.519. The second kappa shape index (κ2) is 13.4. The fourth-order valence-electron chi connectivity index (χ4n) is 4.68. The number of alkyl halides is 3. The minimum absolute atomic E-state index is 0.0676. The molecule has 0 bridgehead atoms. The first-order valence-corrected chi connectivity index (χ1v) is 15.6. The minimum atomic E-state index is -5.01. The molecule has 1 atom stereocenters. The zero-order valence-corrected chi connectivity index (χ0v) is 27.4. The van der Waals surface area contributed by atoms with E-state index in [2.05, 4.69) is 20.9 Å². The lowest BCUT2D eigenvalue weighted by atomic mass is 9.95. The molecular weight excluding hydrogens is 720 g/mol. The Morgan fingerprint density at radius 3 is 2.49 bits per heavy atom. The summed E-state index contributed by atoms with van der Waals surface area (Å²) < 4.78 is 61.2. The van der Waals surface area contributed by atoms with Crippen LogP contribution in [0.4, 0.5) is 13.2 Å². The van der Waals surface area contributed by atoms with Crippen LogP contribution >= 0.6 is 50.5 Å². The fourth-order valence-corrected chi connectivity index (χ4v) is 6.57. The number of allylic oxidation sites excluding steroid dienone is 1. The molecule has 0 radical (unpaired) electrons. The van der Waals surface area contributed by atoms with Crippen LogP contribution in [-0.2, 0) is 16.1 Å². The molecule has 0 amide bonds. The summed E-state index contributed by atoms with van der Waals surface area (Å²) in [6.07, 6.45) is -3.52. The number of rotatable bonds is 8. The van der Waals surface area contributed by atoms with Crippen LogP contribution in [0.15, 0.2) is 86.2 Å². The highest BCUT2D eigenvalue weighted by Crippen LogP contribution is 2.39. The molecule has 1 aliphatic heterocycles. The Morgan fingerprint density at radius 1 is 1.13 bits per heavy atom. The van der Waals surface area contributed by atoms with Crippen LogP contribution in [0.3, 0.4) is 0 Å². The van der Waals surface area contributed by atoms with Crippen LogP contribution in [0.5, 0.6) is 11.5 Å². The minimum Gasteiger partial charge on any atom is -0.493 e. The molecule has 0 aliphatic carbocycles. The number of esters is 1. The molecule has 0 saturated carbocycles. The lowest BCUT2D eigenvalue weighted by molar-refractivity contribution is -0.140. The predicted octanol–water partition coefficient (Wildman–Crippen LogP) is 7.00. The quantitative estimate of drug-likeness (QED) is 0.182. The average molecular weight is 742 g/mol. The molecule has 14 heteroatoms. The summed E-state index contributed by atoms with van der Waals surface area (Å²) in [6, 6.07) is 14.8. The van der Waals surface area contributed by atoms with Crippen LogP contribution in [0.2, 0.25) is 10.0 Å². The summed E-state index contributed by atoms with van der Waals surface area (Å²) >= 11 is 16.5. The summed E-state index contributed by atoms with van der Waals surface area (Å²) in [7, 11) is 1.45. The number of carbonyl (C=O) groups excluding carboxylic acids is 1. The van der Waals surface area contributed by atoms with Crippen molar-refractivity contribution >= 4 is 62.5 Å². The third-order valence-corrected chi connectivity index (χ3v) is 8.85. The first-order chi connectivity index (χ1) is 21.4. The number of fused-ring (bicyclic) bond motifs is 1. The Morgan fingerprint density at radius 2 is 1.84 bits per heavy atom. The van der Waals surface area contributed by atoms with E-state index < -0.39 is 35.0 Å². The van der Waals surface area contributed by atoms with Gasteiger partial charge in [0.2, 0.25) is 0 Å². The molecule has 1 aliphatic rings. The van der Waals surface area contributed by atoms with E-state index in [1.807, 2.05) is 12.1 Å². The van der Waals surface area contributed by atoms with E-state index in [4.69, 9.17) is 37.4 Å². The van der Waals surface area contributed by atoms with Crippen LogP contribution in [-0.4, -0.2) is 30.4 Å². The average Bonchev–Trinajstić information content (AvgIpc) is 3.30. The highest BCUT2D eigenvalue weighted by molar-refractivity contribution is 9.10. The molecule has 0 N–H and O–H groups in total. The van der Waals surface area contributed by atoms with Crippen molar-refractivity contribution < 1.29 is 32.2 Å². The maximum atomic E-state index is 14.3. The third-order valence-electron chi connectivity index (χ3n) is 6.66. The number of benzene rings is 3. The fraction of sp³-hybridized carbons (Fsp3) is 0.194. The number of thiazole rings is 1. The van der Waals surface area contributed by atoms with Crippen molar-refractivity contribution in [3.8, 4) is 11.5 Å². The van der Waals surface area contributed by atoms with Crippen LogP contribution < -0.4 is 24.4 Å². The second-order valence-corrected chi connectivity index (χ2v) is 12.2. The largest absolute Gasteiger partial charge is 0.493 e. The van der Waals surface area contributed by atoms with Crippen molar-refractivity contribution in [1.29, 1.82) is 0 Å². The molecule has 4 aromatic rings. The lowest BCUT2D eigenvalue weighted by Gasteiger charge is -2.26. The maximum absolute atomic E-state index is 14.3. The van der Waals surface area contributed by atoms with E-state index in [0.717, 1.165) is 21.5 Å². The van der Waals surface area contributed by atoms with Gasteiger partial charge in [-0.1, -0.05) is 64.9 Å². The number of nitrogens with zero attached hydrogens (tertiary/aromatic N) is 2. The predicted molar refractivity (Wildman–Crippen MR) is 169 cm³/mol. The molecule has 2 heterocycles. The Hall–Kier alpha value is -3.58. The van der Waals surface area contributed by atoms with Crippen molar-refractivity contribution in [1.82, 2.24) is 4.57 Å². The number of carbonyl (C=O) groups is 1. The smallest absolute Gasteiger partial charge is 0.434 e. The van der Waals surface area contributed by atoms with Crippen molar-refractivity contribution in [3.63, 3.8) is 0 Å². The molecule has 3 aromatic carbocycles. The molecule has 0 unspecified atom stereocenters. The second-order valence-electron chi connectivity index (χ2n) is 9.53. The highest BCUT2D eigenvalue weighted by Gasteiger charge is 2.45. The van der Waals surface area contributed by atoms with Gasteiger partial charge in [0.25, 0.3) is 5.56 Å². The third kappa shape index (κ3) is 6.84. The molecule has 1 aromatic heterocycles. The van der Waals surface area contributed by atoms with Crippen LogP contribution in [0.1, 0.15) is 29.7 Å². The van der Waals surface area contributed by atoms with E-state index in [1.165, 1.54) is 44.4 Å². The normalized spacial score (nSPS) is 15.0. The Bertz CT molecular complexity index is 1990. The van der Waals surface area contributed by atoms with E-state index in [9.17, 15) is 22.8 Å². The SMILES string of the molecule is CCOC(=O)C1=C(C(F)(F)F)N=c2s/c(=C\c3cc(Br)c(OCc4ccccc4Cl)c(OC)c3)c(=O)n2[C@H]1c1ccc(Cl)cc1. The first-order valence-electron chi connectivity index (χ1n) is 13.2. The molecule has 0 fully saturated rings. The molecule has 0 saturated heterocycles. The van der Waals surface area contributed by atoms with E-state index in [1.54, 1.807) is 24.3 Å². The van der Waals surface area contributed by atoms with Crippen LogP contribution in [0, 0.1) is 0 Å². The van der Waals surface area contributed by atoms with Gasteiger partial charge in [0, 0.05) is 15.6 Å². The van der Waals surface area contributed by atoms with Gasteiger partial charge in [0.15, 0.2) is 22.0 Å². The number of hydrogen-bond acceptors (Lipinski definition) is 7. The molecule has 234 valence electrons. The topological polar surface area (TPSA) is 79.1 Å². The number of halogens is 6. The molecule has 7 nitrogen and oxygen atoms in total. The van der Waals surface area contributed by atoms with Gasteiger partial charge >= 0.3 is 12.1 Å². The van der Waals surface area contributed by atoms with Crippen molar-refractivity contribution in [2.45, 2.75) is 25.7 Å². The zero-order valence-electron chi connectivity index (χ0n) is 23.5. The van der Waals surface area contributed by atoms with Crippen LogP contribution in [0.25, 0.3) is 6.08 Å². The Balaban J connectivity index is 1.64. The molecule has 45 heavy (non-hydrogen) atoms. The molecule has 5 rings (SSSR count). The Labute approximate surface area is 276 Å². The highest BCUT2D eigenvalue weighted by atomic mass is 79.9. The monoisotopic (exact) mass is 740 g/mol. The van der Waals surface area contributed by atoms with E-state index in [-0.39, 0.29) is 28.1 Å². The van der Waals surface area contributed by atoms with Gasteiger partial charge in [-0.05, 0) is 70.4 Å². The summed E-state index contributed by atoms with van der Waals surface area (Å²) in [5, 5.41) is 0.860. The van der Waals surface area contributed by atoms with Gasteiger partial charge in [0.05, 0.1) is 34.3 Å². The van der Waals surface area contributed by atoms with Crippen molar-refractivity contribution in [2.75, 3.05) is 13.7 Å². The number of methoxy groups -OCH3 is 1.